The SMILES string of the molecule is N#Cc1ccc(N(c2ccc(C#N)cc2)c2cc(N3c4ccccc4N(c4ccccc4)c4ccccc43)cc(N3c4ccccc4N(c4ccccc4)c4ccccc43)c2)cc1. The van der Waals surface area contributed by atoms with Crippen LogP contribution in [0.25, 0.3) is 0 Å². The lowest BCUT2D eigenvalue weighted by atomic mass is 10.0. The molecule has 296 valence electrons. The number of hydrogen-bond acceptors (Lipinski definition) is 7. The van der Waals surface area contributed by atoms with Crippen molar-refractivity contribution in [1.29, 1.82) is 10.5 Å². The highest BCUT2D eigenvalue weighted by atomic mass is 15.3. The van der Waals surface area contributed by atoms with Gasteiger partial charge in [0.1, 0.15) is 0 Å². The maximum atomic E-state index is 9.81. The molecule has 0 spiro atoms. The normalized spacial score (nSPS) is 12.3. The third kappa shape index (κ3) is 6.37. The van der Waals surface area contributed by atoms with Gasteiger partial charge < -0.3 is 24.5 Å². The van der Waals surface area contributed by atoms with Crippen LogP contribution in [0.2, 0.25) is 0 Å². The molecular weight excluding hydrogens is 771 g/mol. The Balaban J connectivity index is 1.19. The van der Waals surface area contributed by atoms with Crippen molar-refractivity contribution in [3.05, 3.63) is 236 Å². The van der Waals surface area contributed by atoms with Crippen LogP contribution in [0.3, 0.4) is 0 Å². The molecule has 2 heterocycles. The van der Waals surface area contributed by atoms with Crippen LogP contribution in [0.1, 0.15) is 11.1 Å². The molecule has 7 heteroatoms. The van der Waals surface area contributed by atoms with Gasteiger partial charge in [-0.2, -0.15) is 10.5 Å². The Kier molecular flexibility index (Phi) is 9.12. The first kappa shape index (κ1) is 37.0. The van der Waals surface area contributed by atoms with Gasteiger partial charge in [-0.15, -0.1) is 0 Å². The van der Waals surface area contributed by atoms with Crippen molar-refractivity contribution in [2.24, 2.45) is 0 Å². The number of rotatable bonds is 7. The fourth-order valence-corrected chi connectivity index (χ4v) is 8.94. The lowest BCUT2D eigenvalue weighted by molar-refractivity contribution is 1.15. The van der Waals surface area contributed by atoms with Gasteiger partial charge in [0.15, 0.2) is 0 Å². The van der Waals surface area contributed by atoms with Gasteiger partial charge in [-0.25, -0.2) is 0 Å². The minimum atomic E-state index is 0.571. The van der Waals surface area contributed by atoms with E-state index in [1.807, 2.05) is 60.7 Å². The van der Waals surface area contributed by atoms with E-state index in [4.69, 9.17) is 0 Å². The van der Waals surface area contributed by atoms with E-state index >= 15 is 0 Å². The summed E-state index contributed by atoms with van der Waals surface area (Å²) >= 11 is 0. The first-order chi connectivity index (χ1) is 31.2. The number of hydrogen-bond donors (Lipinski definition) is 0. The summed E-state index contributed by atoms with van der Waals surface area (Å²) in [6.45, 7) is 0. The molecule has 0 radical (unpaired) electrons. The summed E-state index contributed by atoms with van der Waals surface area (Å²) in [7, 11) is 0. The predicted molar refractivity (Wildman–Crippen MR) is 256 cm³/mol. The number of fused-ring (bicyclic) bond motifs is 4. The molecule has 11 rings (SSSR count). The van der Waals surface area contributed by atoms with Crippen molar-refractivity contribution in [3.8, 4) is 12.1 Å². The Hall–Kier alpha value is -9.04. The second-order valence-electron chi connectivity index (χ2n) is 15.3. The van der Waals surface area contributed by atoms with Gasteiger partial charge in [-0.1, -0.05) is 84.9 Å². The lowest BCUT2D eigenvalue weighted by Gasteiger charge is -2.42. The van der Waals surface area contributed by atoms with Crippen LogP contribution in [0.15, 0.2) is 224 Å². The van der Waals surface area contributed by atoms with E-state index in [2.05, 4.69) is 200 Å². The molecule has 0 bridgehead atoms. The molecule has 0 saturated carbocycles. The van der Waals surface area contributed by atoms with E-state index in [1.54, 1.807) is 0 Å². The summed E-state index contributed by atoms with van der Waals surface area (Å²) in [5.74, 6) is 0. The quantitative estimate of drug-likeness (QED) is 0.159. The molecule has 9 aromatic carbocycles. The molecule has 2 aliphatic rings. The van der Waals surface area contributed by atoms with Crippen LogP contribution >= 0.6 is 0 Å². The summed E-state index contributed by atoms with van der Waals surface area (Å²) in [5.41, 5.74) is 16.1. The molecule has 63 heavy (non-hydrogen) atoms. The first-order valence-corrected chi connectivity index (χ1v) is 20.8. The van der Waals surface area contributed by atoms with Crippen LogP contribution < -0.4 is 24.5 Å². The van der Waals surface area contributed by atoms with Crippen molar-refractivity contribution in [2.75, 3.05) is 24.5 Å². The standard InChI is InChI=1S/C56H37N7/c57-38-40-27-31-44(32-28-40)59(45-33-29-41(39-58)30-34-45)46-35-47(62-53-23-11-7-19-49(53)60(42-15-3-1-4-16-42)50-20-8-12-24-54(50)62)37-48(36-46)63-55-25-13-9-21-51(55)61(43-17-5-2-6-18-43)52-22-10-14-26-56(52)63/h1-37H. The maximum Gasteiger partial charge on any atom is 0.0991 e. The Labute approximate surface area is 366 Å². The summed E-state index contributed by atoms with van der Waals surface area (Å²) in [5, 5.41) is 19.6. The van der Waals surface area contributed by atoms with E-state index in [-0.39, 0.29) is 0 Å². The van der Waals surface area contributed by atoms with Gasteiger partial charge in [0, 0.05) is 22.7 Å². The van der Waals surface area contributed by atoms with Crippen molar-refractivity contribution in [1.82, 2.24) is 0 Å². The third-order valence-electron chi connectivity index (χ3n) is 11.7. The molecule has 0 N–H and O–H groups in total. The van der Waals surface area contributed by atoms with Gasteiger partial charge in [-0.05, 0) is 140 Å². The van der Waals surface area contributed by atoms with Crippen molar-refractivity contribution < 1.29 is 0 Å². The Morgan fingerprint density at radius 3 is 0.825 bits per heavy atom. The van der Waals surface area contributed by atoms with E-state index < -0.39 is 0 Å². The Bertz CT molecular complexity index is 2920. The topological polar surface area (TPSA) is 63.8 Å². The summed E-state index contributed by atoms with van der Waals surface area (Å²) in [6.07, 6.45) is 0. The zero-order valence-electron chi connectivity index (χ0n) is 34.0. The molecule has 0 aliphatic carbocycles. The smallest absolute Gasteiger partial charge is 0.0991 e. The Morgan fingerprint density at radius 1 is 0.270 bits per heavy atom. The van der Waals surface area contributed by atoms with Crippen LogP contribution in [0.5, 0.6) is 0 Å². The summed E-state index contributed by atoms with van der Waals surface area (Å²) in [4.78, 5) is 11.6. The summed E-state index contributed by atoms with van der Waals surface area (Å²) in [6, 6.07) is 82.0. The van der Waals surface area contributed by atoms with E-state index in [0.717, 1.165) is 85.3 Å². The van der Waals surface area contributed by atoms with Crippen molar-refractivity contribution in [3.63, 3.8) is 0 Å². The van der Waals surface area contributed by atoms with E-state index in [9.17, 15) is 10.5 Å². The lowest BCUT2D eigenvalue weighted by Crippen LogP contribution is -2.25. The molecule has 0 saturated heterocycles. The molecule has 0 fully saturated rings. The number of nitrogens with zero attached hydrogens (tertiary/aromatic N) is 7. The van der Waals surface area contributed by atoms with Crippen LogP contribution in [-0.4, -0.2) is 0 Å². The van der Waals surface area contributed by atoms with Gasteiger partial charge in [0.25, 0.3) is 0 Å². The molecule has 0 atom stereocenters. The highest BCUT2D eigenvalue weighted by molar-refractivity contribution is 6.05. The van der Waals surface area contributed by atoms with E-state index in [1.165, 1.54) is 0 Å². The molecule has 0 unspecified atom stereocenters. The molecular formula is C56H37N7. The monoisotopic (exact) mass is 807 g/mol. The van der Waals surface area contributed by atoms with Crippen LogP contribution in [0.4, 0.5) is 85.3 Å². The molecule has 7 nitrogen and oxygen atoms in total. The molecule has 9 aromatic rings. The zero-order chi connectivity index (χ0) is 42.3. The average molecular weight is 808 g/mol. The second kappa shape index (κ2) is 15.5. The average Bonchev–Trinajstić information content (AvgIpc) is 3.35. The fraction of sp³-hybridized carbons (Fsp3) is 0. The summed E-state index contributed by atoms with van der Waals surface area (Å²) < 4.78 is 0. The zero-order valence-corrected chi connectivity index (χ0v) is 34.0. The van der Waals surface area contributed by atoms with Crippen LogP contribution in [-0.2, 0) is 0 Å². The number of benzene rings is 9. The maximum absolute atomic E-state index is 9.81. The predicted octanol–water partition coefficient (Wildman–Crippen LogP) is 15.4. The van der Waals surface area contributed by atoms with Gasteiger partial charge in [0.2, 0.25) is 0 Å². The van der Waals surface area contributed by atoms with E-state index in [0.29, 0.717) is 11.1 Å². The Morgan fingerprint density at radius 2 is 0.540 bits per heavy atom. The second-order valence-corrected chi connectivity index (χ2v) is 15.3. The number of para-hydroxylation sites is 10. The third-order valence-corrected chi connectivity index (χ3v) is 11.7. The minimum Gasteiger partial charge on any atom is -0.310 e. The minimum absolute atomic E-state index is 0.571. The number of nitriles is 2. The largest absolute Gasteiger partial charge is 0.310 e. The fourth-order valence-electron chi connectivity index (χ4n) is 8.94. The molecule has 2 aliphatic heterocycles. The van der Waals surface area contributed by atoms with Gasteiger partial charge in [-0.3, -0.25) is 0 Å². The molecule has 0 aromatic heterocycles. The van der Waals surface area contributed by atoms with Gasteiger partial charge >= 0.3 is 0 Å². The first-order valence-electron chi connectivity index (χ1n) is 20.8. The highest BCUT2D eigenvalue weighted by Gasteiger charge is 2.34. The van der Waals surface area contributed by atoms with Gasteiger partial charge in [0.05, 0.1) is 85.8 Å². The number of anilines is 15. The van der Waals surface area contributed by atoms with Crippen molar-refractivity contribution in [2.45, 2.75) is 0 Å². The van der Waals surface area contributed by atoms with Crippen LogP contribution in [0, 0.1) is 22.7 Å². The van der Waals surface area contributed by atoms with Crippen molar-refractivity contribution >= 4 is 85.3 Å². The highest BCUT2D eigenvalue weighted by Crippen LogP contribution is 2.58. The molecule has 0 amide bonds.